The molecule has 0 amide bonds. The minimum Gasteiger partial charge on any atom is -0.462 e. The van der Waals surface area contributed by atoms with Crippen molar-refractivity contribution >= 4 is 32.4 Å². The number of nitrogens with one attached hydrogen (secondary N) is 1. The van der Waals surface area contributed by atoms with Crippen LogP contribution in [0.3, 0.4) is 0 Å². The maximum atomic E-state index is 11.1. The van der Waals surface area contributed by atoms with Gasteiger partial charge in [0.2, 0.25) is 0 Å². The maximum Gasteiger partial charge on any atom is 0.530 e. The van der Waals surface area contributed by atoms with Gasteiger partial charge in [-0.15, -0.1) is 0 Å². The molecule has 0 aromatic carbocycles. The fourth-order valence-corrected chi connectivity index (χ4v) is 10.2. The lowest BCUT2D eigenvalue weighted by molar-refractivity contribution is -0.139. The first-order chi connectivity index (χ1) is 21.3. The van der Waals surface area contributed by atoms with E-state index in [1.54, 1.807) is 70.9 Å². The van der Waals surface area contributed by atoms with Crippen molar-refractivity contribution in [1.82, 2.24) is 5.32 Å². The van der Waals surface area contributed by atoms with E-state index >= 15 is 0 Å². The van der Waals surface area contributed by atoms with E-state index < -0.39 is 26.4 Å². The zero-order valence-electron chi connectivity index (χ0n) is 29.9. The highest BCUT2D eigenvalue weighted by atomic mass is 28.4. The van der Waals surface area contributed by atoms with Crippen LogP contribution in [0, 0.1) is 0 Å². The Bertz CT molecular complexity index is 745. The Morgan fingerprint density at radius 2 is 1.33 bits per heavy atom. The van der Waals surface area contributed by atoms with Gasteiger partial charge in [-0.25, -0.2) is 4.79 Å². The Morgan fingerprint density at radius 1 is 0.867 bits per heavy atom. The summed E-state index contributed by atoms with van der Waals surface area (Å²) < 4.78 is 63.6. The molecule has 3 N–H and O–H groups in total. The van der Waals surface area contributed by atoms with Gasteiger partial charge in [-0.3, -0.25) is 5.32 Å². The zero-order valence-corrected chi connectivity index (χ0v) is 32.9. The lowest BCUT2D eigenvalue weighted by Gasteiger charge is -2.33. The van der Waals surface area contributed by atoms with Gasteiger partial charge in [-0.05, 0) is 33.1 Å². The van der Waals surface area contributed by atoms with Crippen molar-refractivity contribution in [3.8, 4) is 0 Å². The van der Waals surface area contributed by atoms with Crippen LogP contribution in [0.2, 0.25) is 6.04 Å². The number of hydrogen-bond acceptors (Lipinski definition) is 15. The number of ether oxygens (including phenoxy) is 3. The van der Waals surface area contributed by atoms with Crippen LogP contribution >= 0.6 is 0 Å². The average Bonchev–Trinajstić information content (AvgIpc) is 3.89. The van der Waals surface area contributed by atoms with Crippen LogP contribution in [0.25, 0.3) is 0 Å². The largest absolute Gasteiger partial charge is 0.530 e. The van der Waals surface area contributed by atoms with Crippen molar-refractivity contribution < 1.29 is 58.8 Å². The monoisotopic (exact) mass is 706 g/mol. The van der Waals surface area contributed by atoms with Crippen molar-refractivity contribution in [2.24, 2.45) is 5.73 Å². The molecule has 1 heterocycles. The lowest BCUT2D eigenvalue weighted by atomic mass is 10.4. The van der Waals surface area contributed by atoms with Crippen molar-refractivity contribution in [2.45, 2.75) is 76.7 Å². The first-order valence-corrected chi connectivity index (χ1v) is 20.4. The van der Waals surface area contributed by atoms with Crippen LogP contribution in [0.4, 0.5) is 0 Å². The molecule has 0 radical (unpaired) electrons. The highest BCUT2D eigenvalue weighted by Crippen LogP contribution is 2.20. The normalized spacial score (nSPS) is 16.8. The molecule has 0 aromatic rings. The third kappa shape index (κ3) is 16.8. The fourth-order valence-electron chi connectivity index (χ4n) is 4.10. The Balaban J connectivity index is 0. The molecule has 0 spiro atoms. The highest BCUT2D eigenvalue weighted by Gasteiger charge is 2.48. The molecule has 1 aliphatic rings. The number of epoxide rings is 1. The Kier molecular flexibility index (Phi) is 26.2. The number of rotatable bonds is 23. The lowest BCUT2D eigenvalue weighted by Crippen LogP contribution is -2.62. The van der Waals surface area contributed by atoms with Crippen molar-refractivity contribution in [1.29, 1.82) is 0 Å². The summed E-state index contributed by atoms with van der Waals surface area (Å²) in [5, 5.41) is 3.19. The fraction of sp³-hybridized carbons (Fsp3) is 0.889. The van der Waals surface area contributed by atoms with Gasteiger partial charge in [0.15, 0.2) is 0 Å². The summed E-state index contributed by atoms with van der Waals surface area (Å²) in [4.78, 5) is 11.1. The molecule has 0 bridgehead atoms. The van der Waals surface area contributed by atoms with Gasteiger partial charge in [-0.2, -0.15) is 0 Å². The molecule has 0 aliphatic carbocycles. The molecule has 270 valence electrons. The molecule has 4 atom stereocenters. The highest BCUT2D eigenvalue weighted by molar-refractivity contribution is 6.62. The van der Waals surface area contributed by atoms with Crippen LogP contribution in [0.15, 0.2) is 12.2 Å². The zero-order chi connectivity index (χ0) is 35.1. The van der Waals surface area contributed by atoms with Crippen LogP contribution in [-0.4, -0.2) is 140 Å². The van der Waals surface area contributed by atoms with Gasteiger partial charge in [0.25, 0.3) is 0 Å². The van der Waals surface area contributed by atoms with Crippen molar-refractivity contribution in [3.05, 3.63) is 12.2 Å². The first-order valence-electron chi connectivity index (χ1n) is 14.8. The molecule has 45 heavy (non-hydrogen) atoms. The Hall–Kier alpha value is -0.659. The number of hydrogen-bond donors (Lipinski definition) is 2. The van der Waals surface area contributed by atoms with E-state index in [-0.39, 0.29) is 29.6 Å². The molecule has 1 rings (SSSR count). The van der Waals surface area contributed by atoms with Gasteiger partial charge in [0.05, 0.1) is 31.7 Å². The minimum absolute atomic E-state index is 0.0301. The number of nitrogens with two attached hydrogens (primary N) is 1. The molecule has 1 aliphatic heterocycles. The number of carbonyl (C=O) groups excluding carboxylic acids is 1. The summed E-state index contributed by atoms with van der Waals surface area (Å²) in [5.74, 6) is -0.375. The molecule has 1 fully saturated rings. The van der Waals surface area contributed by atoms with Gasteiger partial charge in [-0.1, -0.05) is 20.4 Å². The smallest absolute Gasteiger partial charge is 0.462 e. The van der Waals surface area contributed by atoms with Crippen molar-refractivity contribution in [3.63, 3.8) is 0 Å². The minimum atomic E-state index is -2.66. The van der Waals surface area contributed by atoms with Crippen molar-refractivity contribution in [2.75, 3.05) is 83.8 Å². The first kappa shape index (κ1) is 46.5. The molecule has 0 saturated carbocycles. The van der Waals surface area contributed by atoms with E-state index in [0.29, 0.717) is 31.3 Å². The average molecular weight is 707 g/mol. The summed E-state index contributed by atoms with van der Waals surface area (Å²) >= 11 is 0. The van der Waals surface area contributed by atoms with Gasteiger partial charge in [0.1, 0.15) is 11.8 Å². The maximum absolute atomic E-state index is 11.1. The van der Waals surface area contributed by atoms with E-state index in [1.807, 2.05) is 20.8 Å². The quantitative estimate of drug-likeness (QED) is 0.0395. The second-order valence-corrected chi connectivity index (χ2v) is 19.1. The third-order valence-electron chi connectivity index (χ3n) is 6.80. The molecule has 0 aromatic heterocycles. The van der Waals surface area contributed by atoms with E-state index in [9.17, 15) is 4.79 Å². The number of esters is 1. The second-order valence-electron chi connectivity index (χ2n) is 9.85. The summed E-state index contributed by atoms with van der Waals surface area (Å²) in [6.07, 6.45) is 2.43. The third-order valence-corrected chi connectivity index (χ3v) is 15.8. The summed E-state index contributed by atoms with van der Waals surface area (Å²) in [6, 6.07) is 0.611. The topological polar surface area (TPSA) is 169 Å². The molecular weight excluding hydrogens is 645 g/mol. The summed E-state index contributed by atoms with van der Waals surface area (Å²) in [6.45, 7) is 12.7. The predicted molar refractivity (Wildman–Crippen MR) is 176 cm³/mol. The molecule has 1 saturated heterocycles. The Morgan fingerprint density at radius 3 is 1.64 bits per heavy atom. The van der Waals surface area contributed by atoms with E-state index in [0.717, 1.165) is 19.4 Å². The van der Waals surface area contributed by atoms with Gasteiger partial charge >= 0.3 is 32.4 Å². The van der Waals surface area contributed by atoms with E-state index in [2.05, 4.69) is 11.9 Å². The number of carbonyl (C=O) groups is 1. The Labute approximate surface area is 274 Å². The van der Waals surface area contributed by atoms with E-state index in [1.165, 1.54) is 0 Å². The van der Waals surface area contributed by atoms with Crippen LogP contribution in [-0.2, 0) is 58.8 Å². The molecule has 15 nitrogen and oxygen atoms in total. The van der Waals surface area contributed by atoms with Gasteiger partial charge < -0.3 is 59.8 Å². The molecule has 4 unspecified atom stereocenters. The molecular formula is C27H62N2O13Si3. The van der Waals surface area contributed by atoms with Crippen LogP contribution in [0.1, 0.15) is 47.0 Å². The van der Waals surface area contributed by atoms with Crippen LogP contribution < -0.4 is 11.1 Å². The summed E-state index contributed by atoms with van der Waals surface area (Å²) in [7, 11) is 6.46. The molecule has 18 heteroatoms. The van der Waals surface area contributed by atoms with Crippen LogP contribution in [0.5, 0.6) is 0 Å². The standard InChI is InChI=1S/C10H20O5Si.C9H20O5Si.C8H22N2O3Si/c1-9(2)10(11)15-7-6-8-16(12-3,13-4)14-5;1-5-9(14-7-8-6-13-8)15(10-2,11-3)12-4;1-6-8(10-7(2)9)14(11-3,12-4)13-5/h1,6-8H2,2-5H3;8-9H,5-7H2,1-4H3;7-8,10H,6,9H2,1-5H3. The van der Waals surface area contributed by atoms with Gasteiger partial charge in [0, 0.05) is 75.6 Å². The summed E-state index contributed by atoms with van der Waals surface area (Å²) in [5.41, 5.74) is 5.98. The van der Waals surface area contributed by atoms with E-state index in [4.69, 9.17) is 59.8 Å². The SMILES string of the molecule is C=C(C)C(=O)OCCC[Si](OC)(OC)OC.CCC(NC(C)N)[Si](OC)(OC)OC.CCC(OCC1CO1)[Si](OC)(OC)OC. The predicted octanol–water partition coefficient (Wildman–Crippen LogP) is 2.05. The second kappa shape index (κ2) is 25.4.